The molecule has 1 unspecified atom stereocenters. The molecule has 1 fully saturated rings. The number of hydrogen-bond acceptors (Lipinski definition) is 6. The third-order valence-electron chi connectivity index (χ3n) is 3.41. The summed E-state index contributed by atoms with van der Waals surface area (Å²) in [7, 11) is 0. The van der Waals surface area contributed by atoms with E-state index in [0.717, 1.165) is 6.42 Å². The SMILES string of the molecule is O=C(NCc1ccc(-c2noc(C(F)(F)F)n2)nc1)C1CCCO1. The predicted octanol–water partition coefficient (Wildman–Crippen LogP) is 1.95. The van der Waals surface area contributed by atoms with Gasteiger partial charge in [0.1, 0.15) is 11.8 Å². The minimum absolute atomic E-state index is 0.142. The number of nitrogens with one attached hydrogen (secondary N) is 1. The largest absolute Gasteiger partial charge is 0.471 e. The molecule has 0 bridgehead atoms. The summed E-state index contributed by atoms with van der Waals surface area (Å²) in [5.74, 6) is -1.87. The normalized spacial score (nSPS) is 17.9. The summed E-state index contributed by atoms with van der Waals surface area (Å²) in [5, 5.41) is 5.98. The number of halogens is 3. The summed E-state index contributed by atoms with van der Waals surface area (Å²) < 4.78 is 46.7. The number of ether oxygens (including phenoxy) is 1. The molecule has 24 heavy (non-hydrogen) atoms. The molecule has 0 aliphatic carbocycles. The number of alkyl halides is 3. The first-order valence-corrected chi connectivity index (χ1v) is 7.19. The Kier molecular flexibility index (Phi) is 4.47. The van der Waals surface area contributed by atoms with Crippen LogP contribution in [0.4, 0.5) is 13.2 Å². The van der Waals surface area contributed by atoms with Gasteiger partial charge in [0.25, 0.3) is 0 Å². The Labute approximate surface area is 134 Å². The average Bonchev–Trinajstić information content (AvgIpc) is 3.23. The predicted molar refractivity (Wildman–Crippen MR) is 73.4 cm³/mol. The van der Waals surface area contributed by atoms with E-state index >= 15 is 0 Å². The van der Waals surface area contributed by atoms with Crippen LogP contribution >= 0.6 is 0 Å². The Morgan fingerprint density at radius 2 is 2.21 bits per heavy atom. The van der Waals surface area contributed by atoms with Crippen LogP contribution in [0.25, 0.3) is 11.5 Å². The van der Waals surface area contributed by atoms with Gasteiger partial charge in [-0.3, -0.25) is 9.78 Å². The van der Waals surface area contributed by atoms with E-state index in [4.69, 9.17) is 4.74 Å². The highest BCUT2D eigenvalue weighted by atomic mass is 19.4. The maximum atomic E-state index is 12.4. The molecule has 1 amide bonds. The minimum atomic E-state index is -4.70. The van der Waals surface area contributed by atoms with Crippen molar-refractivity contribution in [3.05, 3.63) is 29.8 Å². The van der Waals surface area contributed by atoms with Crippen LogP contribution in [0.1, 0.15) is 24.3 Å². The van der Waals surface area contributed by atoms with E-state index in [-0.39, 0.29) is 24.0 Å². The molecule has 1 N–H and O–H groups in total. The van der Waals surface area contributed by atoms with Crippen LogP contribution in [0.5, 0.6) is 0 Å². The van der Waals surface area contributed by atoms with Crippen molar-refractivity contribution >= 4 is 5.91 Å². The number of carbonyl (C=O) groups excluding carboxylic acids is 1. The topological polar surface area (TPSA) is 90.1 Å². The molecule has 0 saturated carbocycles. The van der Waals surface area contributed by atoms with Crippen molar-refractivity contribution in [1.82, 2.24) is 20.4 Å². The highest BCUT2D eigenvalue weighted by Gasteiger charge is 2.38. The fourth-order valence-electron chi connectivity index (χ4n) is 2.19. The van der Waals surface area contributed by atoms with Crippen molar-refractivity contribution in [3.8, 4) is 11.5 Å². The number of hydrogen-bond donors (Lipinski definition) is 1. The second-order valence-corrected chi connectivity index (χ2v) is 5.19. The van der Waals surface area contributed by atoms with Gasteiger partial charge >= 0.3 is 12.1 Å². The molecule has 1 aliphatic heterocycles. The third-order valence-corrected chi connectivity index (χ3v) is 3.41. The van der Waals surface area contributed by atoms with Crippen LogP contribution in [0.2, 0.25) is 0 Å². The van der Waals surface area contributed by atoms with Crippen molar-refractivity contribution < 1.29 is 27.2 Å². The smallest absolute Gasteiger partial charge is 0.368 e. The van der Waals surface area contributed by atoms with E-state index in [1.807, 2.05) is 0 Å². The molecular formula is C14H13F3N4O3. The van der Waals surface area contributed by atoms with Gasteiger partial charge in [0.05, 0.1) is 0 Å². The van der Waals surface area contributed by atoms with Gasteiger partial charge in [0, 0.05) is 19.3 Å². The third kappa shape index (κ3) is 3.70. The van der Waals surface area contributed by atoms with Crippen LogP contribution in [0, 0.1) is 0 Å². The Morgan fingerprint density at radius 1 is 1.38 bits per heavy atom. The van der Waals surface area contributed by atoms with Gasteiger partial charge in [-0.05, 0) is 24.5 Å². The number of carbonyl (C=O) groups is 1. The Morgan fingerprint density at radius 3 is 2.79 bits per heavy atom. The molecule has 1 aliphatic rings. The summed E-state index contributed by atoms with van der Waals surface area (Å²) in [6.45, 7) is 0.824. The number of amides is 1. The molecule has 3 heterocycles. The van der Waals surface area contributed by atoms with Gasteiger partial charge in [-0.15, -0.1) is 0 Å². The van der Waals surface area contributed by atoms with Gasteiger partial charge in [0.15, 0.2) is 0 Å². The Balaban J connectivity index is 1.61. The van der Waals surface area contributed by atoms with Crippen molar-refractivity contribution in [3.63, 3.8) is 0 Å². The number of aromatic nitrogens is 3. The molecule has 3 rings (SSSR count). The molecule has 2 aromatic heterocycles. The fourth-order valence-corrected chi connectivity index (χ4v) is 2.19. The van der Waals surface area contributed by atoms with E-state index in [1.54, 1.807) is 6.07 Å². The zero-order valence-electron chi connectivity index (χ0n) is 12.3. The second-order valence-electron chi connectivity index (χ2n) is 5.19. The van der Waals surface area contributed by atoms with Crippen LogP contribution < -0.4 is 5.32 Å². The van der Waals surface area contributed by atoms with Gasteiger partial charge in [-0.25, -0.2) is 0 Å². The minimum Gasteiger partial charge on any atom is -0.368 e. The zero-order valence-corrected chi connectivity index (χ0v) is 12.3. The maximum Gasteiger partial charge on any atom is 0.471 e. The first kappa shape index (κ1) is 16.4. The van der Waals surface area contributed by atoms with Gasteiger partial charge in [-0.1, -0.05) is 11.2 Å². The monoisotopic (exact) mass is 342 g/mol. The van der Waals surface area contributed by atoms with Crippen LogP contribution in [-0.2, 0) is 22.3 Å². The molecule has 0 radical (unpaired) electrons. The molecule has 10 heteroatoms. The van der Waals surface area contributed by atoms with Crippen LogP contribution in [-0.4, -0.2) is 33.7 Å². The quantitative estimate of drug-likeness (QED) is 0.913. The molecule has 1 atom stereocenters. The van der Waals surface area contributed by atoms with Crippen molar-refractivity contribution in [1.29, 1.82) is 0 Å². The molecule has 0 aromatic carbocycles. The van der Waals surface area contributed by atoms with Gasteiger partial charge in [0.2, 0.25) is 11.7 Å². The standard InChI is InChI=1S/C14H13F3N4O3/c15-14(16,17)13-20-11(21-24-13)9-4-3-8(6-18-9)7-19-12(22)10-2-1-5-23-10/h3-4,6,10H,1-2,5,7H2,(H,19,22). The molecule has 0 spiro atoms. The van der Waals surface area contributed by atoms with Crippen LogP contribution in [0.3, 0.4) is 0 Å². The van der Waals surface area contributed by atoms with E-state index in [2.05, 4.69) is 25.0 Å². The van der Waals surface area contributed by atoms with Crippen molar-refractivity contribution in [2.24, 2.45) is 0 Å². The summed E-state index contributed by atoms with van der Waals surface area (Å²) >= 11 is 0. The maximum absolute atomic E-state index is 12.4. The lowest BCUT2D eigenvalue weighted by Gasteiger charge is -2.10. The van der Waals surface area contributed by atoms with Crippen molar-refractivity contribution in [2.45, 2.75) is 31.7 Å². The van der Waals surface area contributed by atoms with Gasteiger partial charge < -0.3 is 14.6 Å². The molecule has 1 saturated heterocycles. The van der Waals surface area contributed by atoms with E-state index in [9.17, 15) is 18.0 Å². The average molecular weight is 342 g/mol. The van der Waals surface area contributed by atoms with Gasteiger partial charge in [-0.2, -0.15) is 18.2 Å². The molecule has 128 valence electrons. The van der Waals surface area contributed by atoms with Crippen molar-refractivity contribution in [2.75, 3.05) is 6.61 Å². The molecular weight excluding hydrogens is 329 g/mol. The van der Waals surface area contributed by atoms with E-state index in [0.29, 0.717) is 18.6 Å². The number of nitrogens with zero attached hydrogens (tertiary/aromatic N) is 3. The lowest BCUT2D eigenvalue weighted by atomic mass is 10.2. The van der Waals surface area contributed by atoms with E-state index < -0.39 is 18.2 Å². The zero-order chi connectivity index (χ0) is 17.2. The highest BCUT2D eigenvalue weighted by molar-refractivity contribution is 5.80. The lowest BCUT2D eigenvalue weighted by Crippen LogP contribution is -2.33. The first-order chi connectivity index (χ1) is 11.4. The molecule has 2 aromatic rings. The highest BCUT2D eigenvalue weighted by Crippen LogP contribution is 2.28. The van der Waals surface area contributed by atoms with Crippen LogP contribution in [0.15, 0.2) is 22.9 Å². The number of rotatable bonds is 4. The molecule has 7 nitrogen and oxygen atoms in total. The lowest BCUT2D eigenvalue weighted by molar-refractivity contribution is -0.159. The number of pyridine rings is 1. The summed E-state index contributed by atoms with van der Waals surface area (Å²) in [6, 6.07) is 3.07. The second kappa shape index (κ2) is 6.56. The first-order valence-electron chi connectivity index (χ1n) is 7.19. The summed E-state index contributed by atoms with van der Waals surface area (Å²) in [6.07, 6.45) is -2.13. The summed E-state index contributed by atoms with van der Waals surface area (Å²) in [5.41, 5.74) is 0.827. The Bertz CT molecular complexity index is 709. The Hall–Kier alpha value is -2.49. The van der Waals surface area contributed by atoms with E-state index in [1.165, 1.54) is 12.3 Å². The fraction of sp³-hybridized carbons (Fsp3) is 0.429. The summed E-state index contributed by atoms with van der Waals surface area (Å²) in [4.78, 5) is 19.0.